The van der Waals surface area contributed by atoms with E-state index in [4.69, 9.17) is 16.0 Å². The van der Waals surface area contributed by atoms with Crippen LogP contribution in [0.1, 0.15) is 17.4 Å². The van der Waals surface area contributed by atoms with Crippen LogP contribution in [0.15, 0.2) is 53.5 Å². The zero-order chi connectivity index (χ0) is 14.4. The van der Waals surface area contributed by atoms with E-state index in [1.165, 1.54) is 0 Å². The summed E-state index contributed by atoms with van der Waals surface area (Å²) in [5.74, 6) is 0.428. The van der Waals surface area contributed by atoms with Crippen molar-refractivity contribution in [3.8, 4) is 0 Å². The van der Waals surface area contributed by atoms with Crippen molar-refractivity contribution in [1.82, 2.24) is 14.6 Å². The summed E-state index contributed by atoms with van der Waals surface area (Å²) in [6.07, 6.45) is 5.70. The lowest BCUT2D eigenvalue weighted by molar-refractivity contribution is 0.193. The molecule has 21 heavy (non-hydrogen) atoms. The van der Waals surface area contributed by atoms with Gasteiger partial charge in [0.25, 0.3) is 0 Å². The average molecular weight is 300 g/mol. The Hall–Kier alpha value is -2.37. The maximum absolute atomic E-state index is 10.6. The standard InChI is InChI=1S/C15H10ClN3O2/c16-11-3-1-2-9-6-13(21-15(9)11)14(20)10-7-18-19-5-4-17-8-12(10)19/h1-8,14,20H. The van der Waals surface area contributed by atoms with Crippen LogP contribution in [0.25, 0.3) is 16.5 Å². The van der Waals surface area contributed by atoms with Gasteiger partial charge in [0.2, 0.25) is 0 Å². The molecule has 5 nitrogen and oxygen atoms in total. The second-order valence-corrected chi connectivity index (χ2v) is 5.12. The molecule has 104 valence electrons. The number of para-hydroxylation sites is 1. The van der Waals surface area contributed by atoms with E-state index in [0.717, 1.165) is 10.9 Å². The van der Waals surface area contributed by atoms with Crippen molar-refractivity contribution >= 4 is 28.1 Å². The number of hydrogen-bond acceptors (Lipinski definition) is 4. The number of aromatic nitrogens is 3. The van der Waals surface area contributed by atoms with Crippen molar-refractivity contribution in [3.05, 3.63) is 65.4 Å². The molecule has 0 aliphatic carbocycles. The molecule has 0 saturated carbocycles. The van der Waals surface area contributed by atoms with E-state index < -0.39 is 6.10 Å². The Kier molecular flexibility index (Phi) is 2.70. The fourth-order valence-corrected chi connectivity index (χ4v) is 2.62. The first-order valence-corrected chi connectivity index (χ1v) is 6.75. The highest BCUT2D eigenvalue weighted by Gasteiger charge is 2.20. The van der Waals surface area contributed by atoms with E-state index in [9.17, 15) is 5.11 Å². The summed E-state index contributed by atoms with van der Waals surface area (Å²) in [7, 11) is 0. The van der Waals surface area contributed by atoms with Gasteiger partial charge in [-0.3, -0.25) is 4.98 Å². The van der Waals surface area contributed by atoms with Crippen LogP contribution in [0, 0.1) is 0 Å². The van der Waals surface area contributed by atoms with Crippen LogP contribution in [0.5, 0.6) is 0 Å². The highest BCUT2D eigenvalue weighted by molar-refractivity contribution is 6.34. The summed E-state index contributed by atoms with van der Waals surface area (Å²) >= 11 is 6.09. The van der Waals surface area contributed by atoms with Crippen LogP contribution in [0.2, 0.25) is 5.02 Å². The third-order valence-corrected chi connectivity index (χ3v) is 3.73. The number of fused-ring (bicyclic) bond motifs is 2. The molecule has 3 aromatic heterocycles. The highest BCUT2D eigenvalue weighted by Crippen LogP contribution is 2.32. The topological polar surface area (TPSA) is 63.6 Å². The summed E-state index contributed by atoms with van der Waals surface area (Å²) in [6.45, 7) is 0. The van der Waals surface area contributed by atoms with Gasteiger partial charge < -0.3 is 9.52 Å². The van der Waals surface area contributed by atoms with Crippen molar-refractivity contribution in [1.29, 1.82) is 0 Å². The van der Waals surface area contributed by atoms with Gasteiger partial charge in [-0.05, 0) is 12.1 Å². The molecule has 1 N–H and O–H groups in total. The molecule has 0 amide bonds. The Morgan fingerprint density at radius 1 is 1.29 bits per heavy atom. The minimum Gasteiger partial charge on any atom is -0.456 e. The molecule has 0 fully saturated rings. The number of benzene rings is 1. The molecule has 1 atom stereocenters. The lowest BCUT2D eigenvalue weighted by Crippen LogP contribution is -1.97. The second kappa shape index (κ2) is 4.58. The van der Waals surface area contributed by atoms with Gasteiger partial charge in [0.1, 0.15) is 11.9 Å². The summed E-state index contributed by atoms with van der Waals surface area (Å²) in [4.78, 5) is 4.06. The van der Waals surface area contributed by atoms with Gasteiger partial charge in [0.05, 0.1) is 22.9 Å². The number of aliphatic hydroxyl groups is 1. The maximum atomic E-state index is 10.6. The number of halogens is 1. The van der Waals surface area contributed by atoms with Gasteiger partial charge in [-0.15, -0.1) is 0 Å². The molecule has 0 aliphatic rings. The van der Waals surface area contributed by atoms with Crippen LogP contribution >= 0.6 is 11.6 Å². The molecule has 3 heterocycles. The Labute approximate surface area is 124 Å². The molecule has 0 bridgehead atoms. The number of hydrogen-bond donors (Lipinski definition) is 1. The molecular formula is C15H10ClN3O2. The van der Waals surface area contributed by atoms with Crippen molar-refractivity contribution in [2.24, 2.45) is 0 Å². The average Bonchev–Trinajstić information content (AvgIpc) is 3.11. The summed E-state index contributed by atoms with van der Waals surface area (Å²) < 4.78 is 7.35. The van der Waals surface area contributed by atoms with Crippen LogP contribution < -0.4 is 0 Å². The van der Waals surface area contributed by atoms with E-state index in [-0.39, 0.29) is 0 Å². The highest BCUT2D eigenvalue weighted by atomic mass is 35.5. The van der Waals surface area contributed by atoms with Crippen LogP contribution in [-0.4, -0.2) is 19.7 Å². The molecule has 1 aromatic carbocycles. The normalized spacial score (nSPS) is 13.0. The van der Waals surface area contributed by atoms with Crippen LogP contribution in [-0.2, 0) is 0 Å². The molecule has 4 aromatic rings. The zero-order valence-corrected chi connectivity index (χ0v) is 11.5. The molecule has 0 radical (unpaired) electrons. The Bertz CT molecular complexity index is 944. The van der Waals surface area contributed by atoms with Gasteiger partial charge in [0, 0.05) is 23.3 Å². The predicted molar refractivity (Wildman–Crippen MR) is 78.3 cm³/mol. The molecule has 6 heteroatoms. The van der Waals surface area contributed by atoms with Gasteiger partial charge >= 0.3 is 0 Å². The SMILES string of the molecule is OC(c1cc2cccc(Cl)c2o1)c1cnn2ccncc12. The third kappa shape index (κ3) is 1.90. The minimum absolute atomic E-state index is 0.428. The van der Waals surface area contributed by atoms with Crippen molar-refractivity contribution in [3.63, 3.8) is 0 Å². The van der Waals surface area contributed by atoms with Crippen molar-refractivity contribution < 1.29 is 9.52 Å². The molecule has 0 saturated heterocycles. The van der Waals surface area contributed by atoms with E-state index in [1.807, 2.05) is 12.1 Å². The molecule has 4 rings (SSSR count). The van der Waals surface area contributed by atoms with Crippen LogP contribution in [0.3, 0.4) is 0 Å². The number of nitrogens with zero attached hydrogens (tertiary/aromatic N) is 3. The van der Waals surface area contributed by atoms with Crippen molar-refractivity contribution in [2.75, 3.05) is 0 Å². The smallest absolute Gasteiger partial charge is 0.153 e. The van der Waals surface area contributed by atoms with Gasteiger partial charge in [0.15, 0.2) is 5.58 Å². The predicted octanol–water partition coefficient (Wildman–Crippen LogP) is 3.21. The van der Waals surface area contributed by atoms with Crippen LogP contribution in [0.4, 0.5) is 0 Å². The van der Waals surface area contributed by atoms with E-state index in [0.29, 0.717) is 21.9 Å². The van der Waals surface area contributed by atoms with Gasteiger partial charge in [-0.2, -0.15) is 5.10 Å². The zero-order valence-electron chi connectivity index (χ0n) is 10.8. The third-order valence-electron chi connectivity index (χ3n) is 3.43. The van der Waals surface area contributed by atoms with Gasteiger partial charge in [-0.1, -0.05) is 23.7 Å². The first-order chi connectivity index (χ1) is 10.2. The summed E-state index contributed by atoms with van der Waals surface area (Å²) in [6, 6.07) is 7.27. The number of aliphatic hydroxyl groups excluding tert-OH is 1. The summed E-state index contributed by atoms with van der Waals surface area (Å²) in [5.41, 5.74) is 1.94. The Morgan fingerprint density at radius 2 is 2.19 bits per heavy atom. The van der Waals surface area contributed by atoms with E-state index >= 15 is 0 Å². The Balaban J connectivity index is 1.86. The molecular weight excluding hydrogens is 290 g/mol. The molecule has 0 aliphatic heterocycles. The van der Waals surface area contributed by atoms with E-state index in [1.54, 1.807) is 41.4 Å². The molecule has 1 unspecified atom stereocenters. The van der Waals surface area contributed by atoms with Gasteiger partial charge in [-0.25, -0.2) is 4.52 Å². The number of furan rings is 1. The second-order valence-electron chi connectivity index (χ2n) is 4.72. The molecule has 0 spiro atoms. The summed E-state index contributed by atoms with van der Waals surface area (Å²) in [5, 5.41) is 16.1. The number of rotatable bonds is 2. The lowest BCUT2D eigenvalue weighted by Gasteiger charge is -2.05. The Morgan fingerprint density at radius 3 is 3.05 bits per heavy atom. The fourth-order valence-electron chi connectivity index (χ4n) is 2.40. The first kappa shape index (κ1) is 12.4. The lowest BCUT2D eigenvalue weighted by atomic mass is 10.1. The monoisotopic (exact) mass is 299 g/mol. The fraction of sp³-hybridized carbons (Fsp3) is 0.0667. The van der Waals surface area contributed by atoms with E-state index in [2.05, 4.69) is 10.1 Å². The quantitative estimate of drug-likeness (QED) is 0.617. The minimum atomic E-state index is -0.921. The maximum Gasteiger partial charge on any atom is 0.153 e. The first-order valence-electron chi connectivity index (χ1n) is 6.37. The van der Waals surface area contributed by atoms with Crippen molar-refractivity contribution in [2.45, 2.75) is 6.10 Å². The largest absolute Gasteiger partial charge is 0.456 e.